The van der Waals surface area contributed by atoms with Gasteiger partial charge in [0.15, 0.2) is 24.3 Å². The second-order valence-electron chi connectivity index (χ2n) is 6.03. The van der Waals surface area contributed by atoms with Crippen molar-refractivity contribution in [2.75, 3.05) is 26.9 Å². The molecule has 0 aliphatic carbocycles. The van der Waals surface area contributed by atoms with Crippen LogP contribution in [0.25, 0.3) is 0 Å². The molecule has 1 N–H and O–H groups in total. The number of methoxy groups -OCH3 is 1. The highest BCUT2D eigenvalue weighted by Gasteiger charge is 2.22. The van der Waals surface area contributed by atoms with Gasteiger partial charge in [0.05, 0.1) is 7.11 Å². The van der Waals surface area contributed by atoms with Crippen LogP contribution in [0.2, 0.25) is 0 Å². The molecule has 0 saturated carbocycles. The molecule has 0 spiro atoms. The summed E-state index contributed by atoms with van der Waals surface area (Å²) >= 11 is 0. The van der Waals surface area contributed by atoms with Gasteiger partial charge in [-0.3, -0.25) is 4.79 Å². The fraction of sp³-hybridized carbons (Fsp3) is 0.261. The van der Waals surface area contributed by atoms with Gasteiger partial charge in [0.2, 0.25) is 0 Å². The summed E-state index contributed by atoms with van der Waals surface area (Å²) in [6.07, 6.45) is 7.02. The van der Waals surface area contributed by atoms with Crippen LogP contribution in [0.1, 0.15) is 17.2 Å². The fourth-order valence-electron chi connectivity index (χ4n) is 2.53. The highest BCUT2D eigenvalue weighted by atomic mass is 19.2. The second-order valence-corrected chi connectivity index (χ2v) is 6.03. The Labute approximate surface area is 174 Å². The molecule has 2 rings (SSSR count). The lowest BCUT2D eigenvalue weighted by molar-refractivity contribution is -0.132. The van der Waals surface area contributed by atoms with Crippen LogP contribution in [-0.2, 0) is 20.7 Å². The third kappa shape index (κ3) is 7.12. The van der Waals surface area contributed by atoms with Crippen molar-refractivity contribution in [3.8, 4) is 30.1 Å². The van der Waals surface area contributed by atoms with E-state index in [1.165, 1.54) is 13.2 Å². The molecule has 0 radical (unpaired) electrons. The van der Waals surface area contributed by atoms with Crippen molar-refractivity contribution < 1.29 is 27.8 Å². The molecule has 0 fully saturated rings. The van der Waals surface area contributed by atoms with Crippen LogP contribution >= 0.6 is 0 Å². The molecule has 156 valence electrons. The van der Waals surface area contributed by atoms with E-state index < -0.39 is 23.6 Å². The maximum atomic E-state index is 13.5. The van der Waals surface area contributed by atoms with Crippen LogP contribution in [0, 0.1) is 36.0 Å². The predicted octanol–water partition coefficient (Wildman–Crippen LogP) is 3.00. The molecule has 0 aromatic heterocycles. The minimum atomic E-state index is -1.14. The molecule has 1 unspecified atom stereocenters. The topological polar surface area (TPSA) is 56.8 Å². The Hall–Kier alpha value is -3.55. The van der Waals surface area contributed by atoms with Crippen LogP contribution < -0.4 is 10.1 Å². The summed E-state index contributed by atoms with van der Waals surface area (Å²) in [5.74, 6) is 3.04. The van der Waals surface area contributed by atoms with Gasteiger partial charge in [-0.05, 0) is 47.7 Å². The molecule has 2 aromatic rings. The number of halogens is 2. The SMILES string of the molecule is C#CCOC(C(=O)NCCc1ccc(OCC#COC)cc1)c1ccc(F)c(F)c1. The molecule has 7 heteroatoms. The van der Waals surface area contributed by atoms with Crippen molar-refractivity contribution in [1.82, 2.24) is 5.32 Å². The first-order valence-corrected chi connectivity index (χ1v) is 9.05. The average molecular weight is 413 g/mol. The van der Waals surface area contributed by atoms with E-state index in [-0.39, 0.29) is 18.8 Å². The third-order valence-corrected chi connectivity index (χ3v) is 3.94. The minimum Gasteiger partial charge on any atom is -0.481 e. The number of benzene rings is 2. The maximum absolute atomic E-state index is 13.5. The van der Waals surface area contributed by atoms with Crippen LogP contribution in [0.3, 0.4) is 0 Å². The Kier molecular flexibility index (Phi) is 9.18. The van der Waals surface area contributed by atoms with E-state index in [2.05, 4.69) is 28.0 Å². The molecule has 0 aliphatic heterocycles. The van der Waals surface area contributed by atoms with Crippen LogP contribution in [0.15, 0.2) is 42.5 Å². The Morgan fingerprint density at radius 2 is 1.90 bits per heavy atom. The van der Waals surface area contributed by atoms with E-state index in [0.717, 1.165) is 17.7 Å². The van der Waals surface area contributed by atoms with Crippen LogP contribution in [-0.4, -0.2) is 32.8 Å². The van der Waals surface area contributed by atoms with E-state index in [1.54, 1.807) is 12.1 Å². The lowest BCUT2D eigenvalue weighted by Crippen LogP contribution is -2.32. The largest absolute Gasteiger partial charge is 0.481 e. The minimum absolute atomic E-state index is 0.146. The zero-order valence-corrected chi connectivity index (χ0v) is 16.4. The van der Waals surface area contributed by atoms with Crippen LogP contribution in [0.5, 0.6) is 5.75 Å². The molecule has 0 aliphatic rings. The van der Waals surface area contributed by atoms with Crippen molar-refractivity contribution in [2.24, 2.45) is 0 Å². The van der Waals surface area contributed by atoms with Crippen molar-refractivity contribution in [3.63, 3.8) is 0 Å². The summed E-state index contributed by atoms with van der Waals surface area (Å²) in [6.45, 7) is 0.386. The first kappa shape index (κ1) is 22.7. The molecule has 30 heavy (non-hydrogen) atoms. The summed E-state index contributed by atoms with van der Waals surface area (Å²) in [5, 5.41) is 2.72. The van der Waals surface area contributed by atoms with E-state index in [1.807, 2.05) is 12.1 Å². The number of ether oxygens (including phenoxy) is 3. The number of rotatable bonds is 9. The standard InChI is InChI=1S/C23H21F2NO4/c1-3-13-30-22(18-7-10-20(24)21(25)16-18)23(27)26-12-11-17-5-8-19(9-6-17)29-15-4-14-28-2/h1,5-10,16,22H,11-13,15H2,2H3,(H,26,27). The molecule has 0 saturated heterocycles. The summed E-state index contributed by atoms with van der Waals surface area (Å²) in [7, 11) is 1.47. The molecule has 1 amide bonds. The summed E-state index contributed by atoms with van der Waals surface area (Å²) < 4.78 is 42.1. The number of nitrogens with one attached hydrogen (secondary N) is 1. The Balaban J connectivity index is 1.90. The molecular formula is C23H21F2NO4. The van der Waals surface area contributed by atoms with Crippen molar-refractivity contribution in [3.05, 3.63) is 65.2 Å². The van der Waals surface area contributed by atoms with Gasteiger partial charge in [0.25, 0.3) is 5.91 Å². The number of hydrogen-bond acceptors (Lipinski definition) is 4. The Bertz CT molecular complexity index is 942. The monoisotopic (exact) mass is 413 g/mol. The molecule has 2 aromatic carbocycles. The highest BCUT2D eigenvalue weighted by molar-refractivity contribution is 5.82. The number of hydrogen-bond donors (Lipinski definition) is 1. The summed E-state index contributed by atoms with van der Waals surface area (Å²) in [6, 6.07) is 10.5. The van der Waals surface area contributed by atoms with E-state index in [4.69, 9.17) is 15.9 Å². The highest BCUT2D eigenvalue weighted by Crippen LogP contribution is 2.20. The number of terminal acetylenes is 1. The van der Waals surface area contributed by atoms with Gasteiger partial charge in [0, 0.05) is 6.54 Å². The lowest BCUT2D eigenvalue weighted by Gasteiger charge is -2.17. The average Bonchev–Trinajstić information content (AvgIpc) is 2.75. The molecular weight excluding hydrogens is 392 g/mol. The van der Waals surface area contributed by atoms with Crippen molar-refractivity contribution in [2.45, 2.75) is 12.5 Å². The third-order valence-electron chi connectivity index (χ3n) is 3.94. The van der Waals surface area contributed by atoms with Gasteiger partial charge >= 0.3 is 0 Å². The maximum Gasteiger partial charge on any atom is 0.253 e. The van der Waals surface area contributed by atoms with Gasteiger partial charge < -0.3 is 19.5 Å². The van der Waals surface area contributed by atoms with Gasteiger partial charge in [-0.25, -0.2) is 8.78 Å². The Morgan fingerprint density at radius 3 is 2.57 bits per heavy atom. The second kappa shape index (κ2) is 12.1. The zero-order valence-electron chi connectivity index (χ0n) is 16.4. The first-order chi connectivity index (χ1) is 14.5. The smallest absolute Gasteiger partial charge is 0.253 e. The molecule has 5 nitrogen and oxygen atoms in total. The number of amides is 1. The normalized spacial score (nSPS) is 10.9. The quantitative estimate of drug-likeness (QED) is 0.643. The number of carbonyl (C=O) groups excluding carboxylic acids is 1. The summed E-state index contributed by atoms with van der Waals surface area (Å²) in [4.78, 5) is 12.5. The zero-order chi connectivity index (χ0) is 21.8. The van der Waals surface area contributed by atoms with E-state index in [9.17, 15) is 13.6 Å². The van der Waals surface area contributed by atoms with Gasteiger partial charge in [-0.2, -0.15) is 0 Å². The van der Waals surface area contributed by atoms with Crippen molar-refractivity contribution in [1.29, 1.82) is 0 Å². The summed E-state index contributed by atoms with van der Waals surface area (Å²) in [5.41, 5.74) is 1.15. The van der Waals surface area contributed by atoms with Gasteiger partial charge in [-0.1, -0.05) is 24.1 Å². The fourth-order valence-corrected chi connectivity index (χ4v) is 2.53. The molecule has 1 atom stereocenters. The predicted molar refractivity (Wildman–Crippen MR) is 107 cm³/mol. The van der Waals surface area contributed by atoms with Gasteiger partial charge in [0.1, 0.15) is 18.5 Å². The van der Waals surface area contributed by atoms with Crippen LogP contribution in [0.4, 0.5) is 8.78 Å². The molecule has 0 heterocycles. The lowest BCUT2D eigenvalue weighted by atomic mass is 10.1. The van der Waals surface area contributed by atoms with Gasteiger partial charge in [-0.15, -0.1) is 6.42 Å². The first-order valence-electron chi connectivity index (χ1n) is 9.05. The Morgan fingerprint density at radius 1 is 1.13 bits per heavy atom. The van der Waals surface area contributed by atoms with E-state index >= 15 is 0 Å². The molecule has 0 bridgehead atoms. The number of carbonyl (C=O) groups is 1. The van der Waals surface area contributed by atoms with E-state index in [0.29, 0.717) is 18.7 Å². The van der Waals surface area contributed by atoms with Crippen molar-refractivity contribution >= 4 is 5.91 Å².